The van der Waals surface area contributed by atoms with Gasteiger partial charge in [0, 0.05) is 0 Å². The summed E-state index contributed by atoms with van der Waals surface area (Å²) in [5.41, 5.74) is -0.769. The molecule has 88 valence electrons. The van der Waals surface area contributed by atoms with Crippen LogP contribution in [0.15, 0.2) is 29.2 Å². The number of benzene rings is 1. The maximum Gasteiger partial charge on any atom is 1.00 e. The molecule has 0 saturated heterocycles. The second-order valence-corrected chi connectivity index (χ2v) is 6.12. The van der Waals surface area contributed by atoms with Gasteiger partial charge >= 0.3 is 58.4 Å². The predicted octanol–water partition coefficient (Wildman–Crippen LogP) is -1.32. The first kappa shape index (κ1) is 15.7. The fourth-order valence-electron chi connectivity index (χ4n) is 1.45. The maximum absolute atomic E-state index is 12.3. The van der Waals surface area contributed by atoms with Crippen molar-refractivity contribution < 1.29 is 72.7 Å². The van der Waals surface area contributed by atoms with Gasteiger partial charge in [0.25, 0.3) is 0 Å². The van der Waals surface area contributed by atoms with Crippen LogP contribution in [0.5, 0.6) is 0 Å². The average Bonchev–Trinajstić information content (AvgIpc) is 3.00. The third kappa shape index (κ3) is 3.57. The quantitative estimate of drug-likeness (QED) is 0.647. The Balaban J connectivity index is 0.00000144. The molecule has 0 aliphatic heterocycles. The number of sulfone groups is 1. The molecule has 0 aromatic heterocycles. The molecule has 0 amide bonds. The summed E-state index contributed by atoms with van der Waals surface area (Å²) in [7, 11) is -3.39. The van der Waals surface area contributed by atoms with Crippen molar-refractivity contribution in [2.75, 3.05) is 0 Å². The molecule has 0 radical (unpaired) electrons. The summed E-state index contributed by atoms with van der Waals surface area (Å²) in [6, 6.07) is 3.74. The molecule has 1 aromatic rings. The summed E-state index contributed by atoms with van der Waals surface area (Å²) >= 11 is 0. The summed E-state index contributed by atoms with van der Waals surface area (Å²) < 4.78 is 60.3. The molecule has 0 atom stereocenters. The molecule has 1 aliphatic carbocycles. The van der Waals surface area contributed by atoms with Crippen LogP contribution in [-0.2, 0) is 9.84 Å². The minimum atomic E-state index is -5.06. The van der Waals surface area contributed by atoms with Crippen molar-refractivity contribution in [1.82, 2.24) is 0 Å². The van der Waals surface area contributed by atoms with E-state index in [1.165, 1.54) is 0 Å². The SMILES string of the molecule is O=S(=O)(c1ccc([B-](F)(F)F)cc1)C1CC1.[K+]. The van der Waals surface area contributed by atoms with Crippen LogP contribution in [-0.4, -0.2) is 20.6 Å². The van der Waals surface area contributed by atoms with Gasteiger partial charge in [-0.3, -0.25) is 0 Å². The van der Waals surface area contributed by atoms with E-state index in [0.717, 1.165) is 24.3 Å². The summed E-state index contributed by atoms with van der Waals surface area (Å²) in [5, 5.41) is -0.394. The van der Waals surface area contributed by atoms with Crippen molar-refractivity contribution in [1.29, 1.82) is 0 Å². The van der Waals surface area contributed by atoms with Crippen LogP contribution in [0.3, 0.4) is 0 Å². The summed E-state index contributed by atoms with van der Waals surface area (Å²) in [5.74, 6) is 0. The van der Waals surface area contributed by atoms with Crippen molar-refractivity contribution in [3.63, 3.8) is 0 Å². The number of hydrogen-bond acceptors (Lipinski definition) is 2. The van der Waals surface area contributed by atoms with Gasteiger partial charge in [0.2, 0.25) is 0 Å². The molecule has 0 N–H and O–H groups in total. The molecule has 1 fully saturated rings. The minimum absolute atomic E-state index is 0. The van der Waals surface area contributed by atoms with Gasteiger partial charge in [0.1, 0.15) is 0 Å². The summed E-state index contributed by atoms with van der Waals surface area (Å²) in [4.78, 5) is -0.0150. The van der Waals surface area contributed by atoms with E-state index in [1.807, 2.05) is 0 Å². The molecular formula is C9H9BF3KO2S. The zero-order valence-electron chi connectivity index (χ0n) is 9.24. The van der Waals surface area contributed by atoms with Gasteiger partial charge in [0.15, 0.2) is 9.84 Å². The molecule has 1 saturated carbocycles. The Morgan fingerprint density at radius 1 is 1.06 bits per heavy atom. The minimum Gasteiger partial charge on any atom is -0.445 e. The Labute approximate surface area is 140 Å². The smallest absolute Gasteiger partial charge is 0.445 e. The molecule has 8 heteroatoms. The van der Waals surface area contributed by atoms with Crippen molar-refractivity contribution in [3.05, 3.63) is 24.3 Å². The number of hydrogen-bond donors (Lipinski definition) is 0. The van der Waals surface area contributed by atoms with Gasteiger partial charge in [0.05, 0.1) is 10.1 Å². The van der Waals surface area contributed by atoms with Crippen LogP contribution >= 0.6 is 0 Å². The molecular weight excluding hydrogens is 279 g/mol. The van der Waals surface area contributed by atoms with E-state index in [4.69, 9.17) is 0 Å². The van der Waals surface area contributed by atoms with Gasteiger partial charge in [-0.25, -0.2) is 8.42 Å². The molecule has 0 bridgehead atoms. The van der Waals surface area contributed by atoms with Crippen LogP contribution < -0.4 is 56.8 Å². The second kappa shape index (κ2) is 5.34. The van der Waals surface area contributed by atoms with Crippen LogP contribution in [0.25, 0.3) is 0 Å². The average molecular weight is 288 g/mol. The molecule has 17 heavy (non-hydrogen) atoms. The van der Waals surface area contributed by atoms with E-state index in [-0.39, 0.29) is 56.3 Å². The van der Waals surface area contributed by atoms with E-state index in [9.17, 15) is 21.4 Å². The molecule has 2 rings (SSSR count). The summed E-state index contributed by atoms with van der Waals surface area (Å²) in [6.07, 6.45) is 1.21. The Morgan fingerprint density at radius 3 is 1.88 bits per heavy atom. The van der Waals surface area contributed by atoms with Gasteiger partial charge in [-0.2, -0.15) is 0 Å². The van der Waals surface area contributed by atoms with Gasteiger partial charge in [-0.1, -0.05) is 12.1 Å². The van der Waals surface area contributed by atoms with E-state index in [0.29, 0.717) is 12.8 Å². The fraction of sp³-hybridized carbons (Fsp3) is 0.333. The van der Waals surface area contributed by atoms with Crippen molar-refractivity contribution >= 4 is 22.3 Å². The number of halogens is 3. The molecule has 0 spiro atoms. The van der Waals surface area contributed by atoms with Gasteiger partial charge in [-0.05, 0) is 25.0 Å². The fourth-order valence-corrected chi connectivity index (χ4v) is 3.10. The van der Waals surface area contributed by atoms with E-state index in [1.54, 1.807) is 0 Å². The van der Waals surface area contributed by atoms with Crippen LogP contribution in [0.1, 0.15) is 12.8 Å². The standard InChI is InChI=1S/C9H9BF3O2S.K/c11-10(12,13)7-1-3-8(4-2-7)16(14,15)9-5-6-9;/h1-4,9H,5-6H2;/q-1;+1. The van der Waals surface area contributed by atoms with Gasteiger partial charge in [-0.15, -0.1) is 5.46 Å². The second-order valence-electron chi connectivity index (χ2n) is 3.89. The molecule has 1 aliphatic rings. The van der Waals surface area contributed by atoms with Crippen LogP contribution in [0.4, 0.5) is 12.9 Å². The molecule has 1 aromatic carbocycles. The maximum atomic E-state index is 12.3. The van der Waals surface area contributed by atoms with Gasteiger partial charge < -0.3 is 12.9 Å². The van der Waals surface area contributed by atoms with E-state index >= 15 is 0 Å². The first-order valence-electron chi connectivity index (χ1n) is 4.85. The first-order valence-corrected chi connectivity index (χ1v) is 6.40. The Hall–Kier alpha value is 0.661. The third-order valence-corrected chi connectivity index (χ3v) is 4.83. The number of rotatable bonds is 3. The van der Waals surface area contributed by atoms with E-state index in [2.05, 4.69) is 0 Å². The van der Waals surface area contributed by atoms with Crippen molar-refractivity contribution in [2.24, 2.45) is 0 Å². The normalized spacial score (nSPS) is 16.4. The Morgan fingerprint density at radius 2 is 1.53 bits per heavy atom. The zero-order chi connectivity index (χ0) is 12.0. The Bertz CT molecular complexity index is 494. The van der Waals surface area contributed by atoms with Crippen molar-refractivity contribution in [3.8, 4) is 0 Å². The summed E-state index contributed by atoms with van der Waals surface area (Å²) in [6.45, 7) is -5.06. The predicted molar refractivity (Wildman–Crippen MR) is 55.4 cm³/mol. The molecule has 2 nitrogen and oxygen atoms in total. The molecule has 0 unspecified atom stereocenters. The van der Waals surface area contributed by atoms with Crippen molar-refractivity contribution in [2.45, 2.75) is 23.0 Å². The Kier molecular flexibility index (Phi) is 4.94. The van der Waals surface area contributed by atoms with E-state index < -0.39 is 27.5 Å². The van der Waals surface area contributed by atoms with Crippen LogP contribution in [0, 0.1) is 0 Å². The zero-order valence-corrected chi connectivity index (χ0v) is 13.2. The molecule has 0 heterocycles. The largest absolute Gasteiger partial charge is 1.00 e. The van der Waals surface area contributed by atoms with Crippen LogP contribution in [0.2, 0.25) is 0 Å². The first-order chi connectivity index (χ1) is 7.32. The monoisotopic (exact) mass is 288 g/mol. The third-order valence-electron chi connectivity index (χ3n) is 2.55. The topological polar surface area (TPSA) is 34.1 Å².